The van der Waals surface area contributed by atoms with Crippen molar-refractivity contribution in [2.45, 2.75) is 31.5 Å². The van der Waals surface area contributed by atoms with Crippen LogP contribution in [-0.4, -0.2) is 52.3 Å². The molecule has 36 heavy (non-hydrogen) atoms. The Morgan fingerprint density at radius 3 is 2.39 bits per heavy atom. The average molecular weight is 497 g/mol. The van der Waals surface area contributed by atoms with Crippen molar-refractivity contribution < 1.29 is 14.4 Å². The number of benzene rings is 3. The number of nitrogens with zero attached hydrogens (tertiary/aromatic N) is 4. The molecule has 2 unspecified atom stereocenters. The van der Waals surface area contributed by atoms with Gasteiger partial charge in [-0.15, -0.1) is 0 Å². The first-order valence-corrected chi connectivity index (χ1v) is 12.1. The molecule has 3 aromatic carbocycles. The number of hydrogen-bond donors (Lipinski definition) is 0. The molecule has 178 valence electrons. The van der Waals surface area contributed by atoms with E-state index in [1.54, 1.807) is 22.8 Å². The Bertz CT molecular complexity index is 1460. The third kappa shape index (κ3) is 3.15. The molecule has 0 saturated carbocycles. The van der Waals surface area contributed by atoms with E-state index in [1.807, 2.05) is 60.7 Å². The van der Waals surface area contributed by atoms with Crippen molar-refractivity contribution in [3.63, 3.8) is 0 Å². The maximum absolute atomic E-state index is 13.5. The zero-order chi connectivity index (χ0) is 25.1. The molecule has 3 aliphatic rings. The van der Waals surface area contributed by atoms with E-state index in [0.29, 0.717) is 29.8 Å². The van der Waals surface area contributed by atoms with Crippen LogP contribution in [0.15, 0.2) is 66.7 Å². The monoisotopic (exact) mass is 496 g/mol. The number of fused-ring (bicyclic) bond motifs is 5. The van der Waals surface area contributed by atoms with Gasteiger partial charge in [-0.3, -0.25) is 9.59 Å². The van der Waals surface area contributed by atoms with E-state index in [1.165, 1.54) is 6.07 Å². The van der Waals surface area contributed by atoms with Crippen LogP contribution in [0.1, 0.15) is 27.9 Å². The zero-order valence-electron chi connectivity index (χ0n) is 19.4. The lowest BCUT2D eigenvalue weighted by atomic mass is 10.0. The highest BCUT2D eigenvalue weighted by Gasteiger charge is 2.63. The summed E-state index contributed by atoms with van der Waals surface area (Å²) in [6.45, 7) is 2.08. The molecule has 3 aromatic rings. The number of halogens is 1. The van der Waals surface area contributed by atoms with Gasteiger partial charge in [0.2, 0.25) is 0 Å². The molecule has 3 heterocycles. The Labute approximate surface area is 213 Å². The Kier molecular flexibility index (Phi) is 5.09. The van der Waals surface area contributed by atoms with Gasteiger partial charge in [-0.05, 0) is 54.3 Å². The maximum Gasteiger partial charge on any atom is 0.332 e. The molecule has 0 aromatic heterocycles. The lowest BCUT2D eigenvalue weighted by Gasteiger charge is -2.35. The molecule has 3 saturated heterocycles. The highest BCUT2D eigenvalue weighted by Crippen LogP contribution is 2.44. The summed E-state index contributed by atoms with van der Waals surface area (Å²) in [4.78, 5) is 44.8. The number of likely N-dealkylation sites (tertiary alicyclic amines) is 1. The predicted molar refractivity (Wildman–Crippen MR) is 135 cm³/mol. The fraction of sp³-hybridized carbons (Fsp3) is 0.214. The number of carbonyl (C=O) groups excluding carboxylic acids is 3. The number of urea groups is 1. The van der Waals surface area contributed by atoms with E-state index < -0.39 is 12.1 Å². The molecule has 8 heteroatoms. The summed E-state index contributed by atoms with van der Waals surface area (Å²) in [5.74, 6) is -0.508. The molecule has 0 spiro atoms. The molecule has 0 aliphatic carbocycles. The molecule has 0 radical (unpaired) electrons. The third-order valence-corrected chi connectivity index (χ3v) is 7.97. The van der Waals surface area contributed by atoms with Gasteiger partial charge < -0.3 is 9.80 Å². The van der Waals surface area contributed by atoms with Crippen LogP contribution in [0, 0.1) is 18.3 Å². The van der Waals surface area contributed by atoms with Crippen LogP contribution in [0.3, 0.4) is 0 Å². The second kappa shape index (κ2) is 8.21. The van der Waals surface area contributed by atoms with Crippen LogP contribution in [0.2, 0.25) is 5.02 Å². The van der Waals surface area contributed by atoms with Gasteiger partial charge in [0.1, 0.15) is 12.1 Å². The number of anilines is 1. The quantitative estimate of drug-likeness (QED) is 0.495. The van der Waals surface area contributed by atoms with Crippen molar-refractivity contribution in [1.82, 2.24) is 9.80 Å². The summed E-state index contributed by atoms with van der Waals surface area (Å²) < 4.78 is 0. The SMILES string of the molecule is Cc1c(N2C(=O)[C@H]3C4CC(CN4C(=O)c4ccc(-c5ccccc5)cc4)N3C2=O)ccc(C#N)c1Cl. The Morgan fingerprint density at radius 1 is 1.00 bits per heavy atom. The zero-order valence-corrected chi connectivity index (χ0v) is 20.1. The minimum atomic E-state index is -0.724. The van der Waals surface area contributed by atoms with Gasteiger partial charge in [0.15, 0.2) is 0 Å². The summed E-state index contributed by atoms with van der Waals surface area (Å²) in [5.41, 5.74) is 3.80. The number of nitriles is 1. The Morgan fingerprint density at radius 2 is 1.69 bits per heavy atom. The molecule has 3 atom stereocenters. The smallest absolute Gasteiger partial charge is 0.331 e. The molecule has 0 N–H and O–H groups in total. The van der Waals surface area contributed by atoms with Crippen molar-refractivity contribution in [2.24, 2.45) is 0 Å². The van der Waals surface area contributed by atoms with Crippen molar-refractivity contribution in [2.75, 3.05) is 11.4 Å². The first-order valence-electron chi connectivity index (χ1n) is 11.7. The van der Waals surface area contributed by atoms with E-state index >= 15 is 0 Å². The molecule has 2 bridgehead atoms. The minimum absolute atomic E-state index is 0.141. The van der Waals surface area contributed by atoms with Gasteiger partial charge in [0.25, 0.3) is 11.8 Å². The number of rotatable bonds is 3. The molecule has 6 rings (SSSR count). The molecule has 3 aliphatic heterocycles. The minimum Gasteiger partial charge on any atom is -0.331 e. The van der Waals surface area contributed by atoms with E-state index in [0.717, 1.165) is 16.0 Å². The second-order valence-corrected chi connectivity index (χ2v) is 9.73. The van der Waals surface area contributed by atoms with Crippen molar-refractivity contribution in [3.8, 4) is 17.2 Å². The number of imide groups is 1. The van der Waals surface area contributed by atoms with Crippen LogP contribution in [0.5, 0.6) is 0 Å². The average Bonchev–Trinajstić information content (AvgIpc) is 3.57. The number of hydrogen-bond acceptors (Lipinski definition) is 4. The maximum atomic E-state index is 13.5. The summed E-state index contributed by atoms with van der Waals surface area (Å²) in [7, 11) is 0. The van der Waals surface area contributed by atoms with Gasteiger partial charge in [-0.2, -0.15) is 5.26 Å². The van der Waals surface area contributed by atoms with Gasteiger partial charge in [-0.1, -0.05) is 54.1 Å². The lowest BCUT2D eigenvalue weighted by Crippen LogP contribution is -2.54. The summed E-state index contributed by atoms with van der Waals surface area (Å²) in [6, 6.07) is 20.8. The molecular weight excluding hydrogens is 476 g/mol. The highest BCUT2D eigenvalue weighted by atomic mass is 35.5. The molecule has 4 amide bonds. The van der Waals surface area contributed by atoms with E-state index in [-0.39, 0.29) is 34.5 Å². The fourth-order valence-electron chi connectivity index (χ4n) is 5.72. The Balaban J connectivity index is 1.26. The van der Waals surface area contributed by atoms with Crippen LogP contribution in [0.25, 0.3) is 11.1 Å². The van der Waals surface area contributed by atoms with Crippen molar-refractivity contribution in [1.29, 1.82) is 5.26 Å². The number of amides is 4. The third-order valence-electron chi connectivity index (χ3n) is 7.48. The van der Waals surface area contributed by atoms with Crippen LogP contribution < -0.4 is 4.90 Å². The standard InChI is InChI=1S/C28H21ClN4O3/c1-16-22(12-11-20(14-30)24(16)29)33-27(35)25-23-13-21(32(25)28(33)36)15-31(23)26(34)19-9-7-18(8-10-19)17-5-3-2-4-6-17/h2-12,21,23,25H,13,15H2,1H3/t21?,23?,25-/m1/s1. The van der Waals surface area contributed by atoms with Crippen molar-refractivity contribution in [3.05, 3.63) is 88.4 Å². The van der Waals surface area contributed by atoms with Crippen LogP contribution >= 0.6 is 11.6 Å². The van der Waals surface area contributed by atoms with Gasteiger partial charge in [0.05, 0.1) is 28.4 Å². The van der Waals surface area contributed by atoms with Gasteiger partial charge in [0, 0.05) is 12.1 Å². The fourth-order valence-corrected chi connectivity index (χ4v) is 5.92. The normalized spacial score (nSPS) is 22.2. The first kappa shape index (κ1) is 22.3. The molecule has 3 fully saturated rings. The summed E-state index contributed by atoms with van der Waals surface area (Å²) in [5, 5.41) is 9.46. The summed E-state index contributed by atoms with van der Waals surface area (Å²) >= 11 is 6.31. The Hall–Kier alpha value is -4.15. The van der Waals surface area contributed by atoms with Crippen LogP contribution in [-0.2, 0) is 4.79 Å². The van der Waals surface area contributed by atoms with Gasteiger partial charge in [-0.25, -0.2) is 9.69 Å². The predicted octanol–water partition coefficient (Wildman–Crippen LogP) is 4.62. The number of carbonyl (C=O) groups is 3. The lowest BCUT2D eigenvalue weighted by molar-refractivity contribution is -0.121. The van der Waals surface area contributed by atoms with Crippen LogP contribution in [0.4, 0.5) is 10.5 Å². The first-order chi connectivity index (χ1) is 17.4. The van der Waals surface area contributed by atoms with Crippen molar-refractivity contribution >= 4 is 35.1 Å². The second-order valence-electron chi connectivity index (χ2n) is 9.35. The highest BCUT2D eigenvalue weighted by molar-refractivity contribution is 6.33. The largest absolute Gasteiger partial charge is 0.332 e. The molecule has 7 nitrogen and oxygen atoms in total. The van der Waals surface area contributed by atoms with E-state index in [4.69, 9.17) is 11.6 Å². The topological polar surface area (TPSA) is 84.7 Å². The van der Waals surface area contributed by atoms with E-state index in [9.17, 15) is 19.6 Å². The molecular formula is C28H21ClN4O3. The van der Waals surface area contributed by atoms with Gasteiger partial charge >= 0.3 is 6.03 Å². The number of piperazine rings is 1. The summed E-state index contributed by atoms with van der Waals surface area (Å²) in [6.07, 6.45) is 0.580. The van der Waals surface area contributed by atoms with E-state index in [2.05, 4.69) is 0 Å².